The van der Waals surface area contributed by atoms with Gasteiger partial charge in [-0.25, -0.2) is 8.42 Å². The van der Waals surface area contributed by atoms with E-state index >= 15 is 0 Å². The van der Waals surface area contributed by atoms with Crippen LogP contribution in [0.2, 0.25) is 0 Å². The largest absolute Gasteiger partial charge is 0.352 e. The van der Waals surface area contributed by atoms with E-state index < -0.39 is 10.0 Å². The van der Waals surface area contributed by atoms with Gasteiger partial charge in [0, 0.05) is 25.2 Å². The van der Waals surface area contributed by atoms with Crippen molar-refractivity contribution in [1.29, 1.82) is 0 Å². The van der Waals surface area contributed by atoms with Crippen LogP contribution in [-0.2, 0) is 10.0 Å². The molecule has 0 bridgehead atoms. The molecule has 0 radical (unpaired) electrons. The average molecular weight is 387 g/mol. The second-order valence-corrected chi connectivity index (χ2v) is 9.11. The zero-order valence-electron chi connectivity index (χ0n) is 15.8. The van der Waals surface area contributed by atoms with Crippen molar-refractivity contribution in [3.8, 4) is 0 Å². The van der Waals surface area contributed by atoms with Gasteiger partial charge in [0.1, 0.15) is 0 Å². The number of hydrogen-bond donors (Lipinski definition) is 1. The number of hydrogen-bond acceptors (Lipinski definition) is 3. The van der Waals surface area contributed by atoms with Crippen molar-refractivity contribution in [2.75, 3.05) is 19.6 Å². The number of carbonyl (C=O) groups excluding carboxylic acids is 1. The molecule has 3 rings (SSSR count). The summed E-state index contributed by atoms with van der Waals surface area (Å²) in [6.45, 7) is 5.57. The minimum absolute atomic E-state index is 0.0718. The van der Waals surface area contributed by atoms with Crippen molar-refractivity contribution in [3.05, 3.63) is 65.2 Å². The number of aryl methyl sites for hydroxylation is 2. The Bertz CT molecular complexity index is 902. The third kappa shape index (κ3) is 4.57. The summed E-state index contributed by atoms with van der Waals surface area (Å²) in [6, 6.07) is 14.2. The van der Waals surface area contributed by atoms with E-state index in [2.05, 4.69) is 5.32 Å². The first-order valence-corrected chi connectivity index (χ1v) is 10.7. The van der Waals surface area contributed by atoms with Gasteiger partial charge in [-0.1, -0.05) is 24.3 Å². The van der Waals surface area contributed by atoms with Gasteiger partial charge in [0.2, 0.25) is 10.0 Å². The third-order valence-corrected chi connectivity index (χ3v) is 7.19. The van der Waals surface area contributed by atoms with E-state index in [9.17, 15) is 13.2 Å². The number of amides is 1. The lowest BCUT2D eigenvalue weighted by molar-refractivity contribution is 0.0941. The standard InChI is InChI=1S/C21H26N2O3S/c1-16-8-9-19(14-17(16)2)21(24)22-15-18-10-12-23(13-11-18)27(25,26)20-6-4-3-5-7-20/h3-9,14,18H,10-13,15H2,1-2H3,(H,22,24). The maximum Gasteiger partial charge on any atom is 0.251 e. The van der Waals surface area contributed by atoms with Gasteiger partial charge >= 0.3 is 0 Å². The highest BCUT2D eigenvalue weighted by Crippen LogP contribution is 2.23. The van der Waals surface area contributed by atoms with Crippen LogP contribution >= 0.6 is 0 Å². The van der Waals surface area contributed by atoms with Gasteiger partial charge < -0.3 is 5.32 Å². The first-order valence-electron chi connectivity index (χ1n) is 9.28. The number of rotatable bonds is 5. The molecule has 1 heterocycles. The fourth-order valence-electron chi connectivity index (χ4n) is 3.32. The van der Waals surface area contributed by atoms with Crippen molar-refractivity contribution in [2.24, 2.45) is 5.92 Å². The summed E-state index contributed by atoms with van der Waals surface area (Å²) < 4.78 is 26.9. The van der Waals surface area contributed by atoms with Gasteiger partial charge in [-0.15, -0.1) is 0 Å². The highest BCUT2D eigenvalue weighted by Gasteiger charge is 2.29. The van der Waals surface area contributed by atoms with Gasteiger partial charge in [-0.2, -0.15) is 4.31 Å². The zero-order chi connectivity index (χ0) is 19.4. The Morgan fingerprint density at radius 3 is 2.33 bits per heavy atom. The molecule has 1 fully saturated rings. The zero-order valence-corrected chi connectivity index (χ0v) is 16.6. The number of piperidine rings is 1. The molecule has 6 heteroatoms. The van der Waals surface area contributed by atoms with Gasteiger partial charge in [0.15, 0.2) is 0 Å². The van der Waals surface area contributed by atoms with Crippen molar-refractivity contribution >= 4 is 15.9 Å². The Labute approximate surface area is 161 Å². The molecule has 1 aliphatic rings. The maximum absolute atomic E-state index is 12.7. The van der Waals surface area contributed by atoms with Crippen molar-refractivity contribution in [2.45, 2.75) is 31.6 Å². The van der Waals surface area contributed by atoms with Crippen LogP contribution in [0.3, 0.4) is 0 Å². The molecule has 0 aliphatic carbocycles. The molecule has 1 N–H and O–H groups in total. The SMILES string of the molecule is Cc1ccc(C(=O)NCC2CCN(S(=O)(=O)c3ccccc3)CC2)cc1C. The fraction of sp³-hybridized carbons (Fsp3) is 0.381. The number of nitrogens with zero attached hydrogens (tertiary/aromatic N) is 1. The molecule has 144 valence electrons. The van der Waals surface area contributed by atoms with Crippen molar-refractivity contribution in [3.63, 3.8) is 0 Å². The minimum atomic E-state index is -3.42. The summed E-state index contributed by atoms with van der Waals surface area (Å²) in [5, 5.41) is 2.99. The summed E-state index contributed by atoms with van der Waals surface area (Å²) >= 11 is 0. The van der Waals surface area contributed by atoms with E-state index in [0.717, 1.165) is 18.4 Å². The van der Waals surface area contributed by atoms with E-state index in [1.165, 1.54) is 5.56 Å². The lowest BCUT2D eigenvalue weighted by atomic mass is 9.98. The topological polar surface area (TPSA) is 66.5 Å². The van der Waals surface area contributed by atoms with Crippen molar-refractivity contribution in [1.82, 2.24) is 9.62 Å². The molecule has 0 spiro atoms. The van der Waals surface area contributed by atoms with Crippen LogP contribution in [0.4, 0.5) is 0 Å². The van der Waals surface area contributed by atoms with Crippen LogP contribution < -0.4 is 5.32 Å². The fourth-order valence-corrected chi connectivity index (χ4v) is 4.81. The summed E-state index contributed by atoms with van der Waals surface area (Å²) in [4.78, 5) is 12.7. The van der Waals surface area contributed by atoms with Crippen LogP contribution in [0.25, 0.3) is 0 Å². The molecule has 0 unspecified atom stereocenters. The summed E-state index contributed by atoms with van der Waals surface area (Å²) in [5.41, 5.74) is 2.93. The predicted molar refractivity (Wildman–Crippen MR) is 106 cm³/mol. The highest BCUT2D eigenvalue weighted by atomic mass is 32.2. The highest BCUT2D eigenvalue weighted by molar-refractivity contribution is 7.89. The third-order valence-electron chi connectivity index (χ3n) is 5.27. The first-order chi connectivity index (χ1) is 12.9. The van der Waals surface area contributed by atoms with E-state index in [4.69, 9.17) is 0 Å². The molecule has 1 saturated heterocycles. The smallest absolute Gasteiger partial charge is 0.251 e. The lowest BCUT2D eigenvalue weighted by Gasteiger charge is -2.31. The molecular weight excluding hydrogens is 360 g/mol. The van der Waals surface area contributed by atoms with Gasteiger partial charge in [0.05, 0.1) is 4.90 Å². The molecule has 1 aliphatic heterocycles. The van der Waals surface area contributed by atoms with Gasteiger partial charge in [-0.05, 0) is 68.0 Å². The van der Waals surface area contributed by atoms with E-state index in [1.54, 1.807) is 28.6 Å². The summed E-state index contributed by atoms with van der Waals surface area (Å²) in [7, 11) is -3.42. The Balaban J connectivity index is 1.52. The number of nitrogens with one attached hydrogen (secondary N) is 1. The Morgan fingerprint density at radius 1 is 1.04 bits per heavy atom. The molecular formula is C21H26N2O3S. The van der Waals surface area contributed by atoms with E-state index in [0.29, 0.717) is 36.0 Å². The molecule has 2 aromatic rings. The second-order valence-electron chi connectivity index (χ2n) is 7.17. The molecule has 27 heavy (non-hydrogen) atoms. The maximum atomic E-state index is 12.7. The van der Waals surface area contributed by atoms with Crippen LogP contribution in [-0.4, -0.2) is 38.3 Å². The number of benzene rings is 2. The van der Waals surface area contributed by atoms with Crippen LogP contribution in [0.15, 0.2) is 53.4 Å². The van der Waals surface area contributed by atoms with Gasteiger partial charge in [-0.3, -0.25) is 4.79 Å². The number of sulfonamides is 1. The minimum Gasteiger partial charge on any atom is -0.352 e. The molecule has 0 atom stereocenters. The van der Waals surface area contributed by atoms with Crippen LogP contribution in [0.1, 0.15) is 34.3 Å². The van der Waals surface area contributed by atoms with Crippen LogP contribution in [0.5, 0.6) is 0 Å². The molecule has 2 aromatic carbocycles. The van der Waals surface area contributed by atoms with E-state index in [1.807, 2.05) is 38.1 Å². The Hall–Kier alpha value is -2.18. The predicted octanol–water partition coefficient (Wildman–Crippen LogP) is 3.13. The first kappa shape index (κ1) is 19.6. The molecule has 1 amide bonds. The average Bonchev–Trinajstić information content (AvgIpc) is 2.69. The van der Waals surface area contributed by atoms with Crippen molar-refractivity contribution < 1.29 is 13.2 Å². The quantitative estimate of drug-likeness (QED) is 0.858. The molecule has 5 nitrogen and oxygen atoms in total. The normalized spacial score (nSPS) is 16.2. The molecule has 0 saturated carbocycles. The summed E-state index contributed by atoms with van der Waals surface area (Å²) in [5.74, 6) is 0.222. The second kappa shape index (κ2) is 8.23. The van der Waals surface area contributed by atoms with E-state index in [-0.39, 0.29) is 5.91 Å². The lowest BCUT2D eigenvalue weighted by Crippen LogP contribution is -2.41. The van der Waals surface area contributed by atoms with Crippen LogP contribution in [0, 0.1) is 19.8 Å². The Kier molecular flexibility index (Phi) is 5.97. The summed E-state index contributed by atoms with van der Waals surface area (Å²) in [6.07, 6.45) is 1.50. The monoisotopic (exact) mass is 386 g/mol. The van der Waals surface area contributed by atoms with Gasteiger partial charge in [0.25, 0.3) is 5.91 Å². The molecule has 0 aromatic heterocycles. The number of carbonyl (C=O) groups is 1. The Morgan fingerprint density at radius 2 is 1.70 bits per heavy atom.